The summed E-state index contributed by atoms with van der Waals surface area (Å²) in [5.74, 6) is -0.298. The fourth-order valence-electron chi connectivity index (χ4n) is 1.73. The van der Waals surface area contributed by atoms with E-state index in [4.69, 9.17) is 4.74 Å². The lowest BCUT2D eigenvalue weighted by molar-refractivity contribution is 0.0607. The highest BCUT2D eigenvalue weighted by molar-refractivity contribution is 7.12. The predicted molar refractivity (Wildman–Crippen MR) is 74.1 cm³/mol. The van der Waals surface area contributed by atoms with Crippen molar-refractivity contribution in [2.45, 2.75) is 13.0 Å². The normalized spacial score (nSPS) is 11.9. The minimum atomic E-state index is -0.298. The Balaban J connectivity index is 2.15. The molecule has 0 saturated heterocycles. The second-order valence-corrected chi connectivity index (χ2v) is 4.85. The number of carbonyl (C=O) groups is 1. The third-order valence-corrected chi connectivity index (χ3v) is 3.60. The van der Waals surface area contributed by atoms with Gasteiger partial charge in [0, 0.05) is 6.04 Å². The number of methoxy groups -OCH3 is 1. The van der Waals surface area contributed by atoms with E-state index in [1.807, 2.05) is 29.6 Å². The third kappa shape index (κ3) is 2.71. The van der Waals surface area contributed by atoms with Gasteiger partial charge in [-0.05, 0) is 23.9 Å². The standard InChI is InChI=1S/C14H15NO2S/c1-10(11-6-4-3-5-7-11)15-12-8-9-18-13(12)14(16)17-2/h3-10,15H,1-2H3/t10-/m1/s1. The molecule has 1 aromatic carbocycles. The number of rotatable bonds is 4. The Morgan fingerprint density at radius 2 is 2.00 bits per heavy atom. The molecule has 94 valence electrons. The number of nitrogens with one attached hydrogen (secondary N) is 1. The molecule has 2 aromatic rings. The lowest BCUT2D eigenvalue weighted by Gasteiger charge is -2.15. The van der Waals surface area contributed by atoms with Gasteiger partial charge >= 0.3 is 5.97 Å². The molecule has 1 atom stereocenters. The van der Waals surface area contributed by atoms with Crippen LogP contribution in [-0.4, -0.2) is 13.1 Å². The topological polar surface area (TPSA) is 38.3 Å². The van der Waals surface area contributed by atoms with Gasteiger partial charge in [-0.2, -0.15) is 0 Å². The summed E-state index contributed by atoms with van der Waals surface area (Å²) in [6.07, 6.45) is 0. The van der Waals surface area contributed by atoms with Gasteiger partial charge in [0.15, 0.2) is 0 Å². The number of carbonyl (C=O) groups excluding carboxylic acids is 1. The van der Waals surface area contributed by atoms with E-state index in [1.54, 1.807) is 0 Å². The lowest BCUT2D eigenvalue weighted by Crippen LogP contribution is -2.09. The Morgan fingerprint density at radius 1 is 1.28 bits per heavy atom. The molecule has 0 bridgehead atoms. The Kier molecular flexibility index (Phi) is 3.99. The smallest absolute Gasteiger partial charge is 0.350 e. The van der Waals surface area contributed by atoms with Crippen LogP contribution in [0.5, 0.6) is 0 Å². The molecular weight excluding hydrogens is 246 g/mol. The zero-order valence-electron chi connectivity index (χ0n) is 10.3. The quantitative estimate of drug-likeness (QED) is 0.853. The van der Waals surface area contributed by atoms with Crippen LogP contribution in [0.3, 0.4) is 0 Å². The maximum absolute atomic E-state index is 11.6. The van der Waals surface area contributed by atoms with Gasteiger partial charge in [0.2, 0.25) is 0 Å². The molecule has 18 heavy (non-hydrogen) atoms. The maximum atomic E-state index is 11.6. The van der Waals surface area contributed by atoms with Gasteiger partial charge in [-0.25, -0.2) is 4.79 Å². The highest BCUT2D eigenvalue weighted by Gasteiger charge is 2.15. The van der Waals surface area contributed by atoms with E-state index in [1.165, 1.54) is 24.0 Å². The molecule has 1 aromatic heterocycles. The number of hydrogen-bond acceptors (Lipinski definition) is 4. The zero-order valence-corrected chi connectivity index (χ0v) is 11.2. The van der Waals surface area contributed by atoms with Crippen LogP contribution < -0.4 is 5.32 Å². The molecule has 0 aliphatic carbocycles. The minimum Gasteiger partial charge on any atom is -0.465 e. The van der Waals surface area contributed by atoms with Crippen LogP contribution in [0.25, 0.3) is 0 Å². The summed E-state index contributed by atoms with van der Waals surface area (Å²) in [7, 11) is 1.40. The van der Waals surface area contributed by atoms with Crippen molar-refractivity contribution in [2.75, 3.05) is 12.4 Å². The summed E-state index contributed by atoms with van der Waals surface area (Å²) in [4.78, 5) is 12.2. The molecular formula is C14H15NO2S. The average molecular weight is 261 g/mol. The first kappa shape index (κ1) is 12.6. The average Bonchev–Trinajstić information content (AvgIpc) is 2.87. The summed E-state index contributed by atoms with van der Waals surface area (Å²) >= 11 is 1.38. The summed E-state index contributed by atoms with van der Waals surface area (Å²) < 4.78 is 4.75. The molecule has 0 aliphatic rings. The van der Waals surface area contributed by atoms with Gasteiger partial charge in [-0.1, -0.05) is 30.3 Å². The van der Waals surface area contributed by atoms with E-state index < -0.39 is 0 Å². The zero-order chi connectivity index (χ0) is 13.0. The van der Waals surface area contributed by atoms with Crippen LogP contribution in [0.2, 0.25) is 0 Å². The van der Waals surface area contributed by atoms with E-state index in [2.05, 4.69) is 24.4 Å². The molecule has 0 saturated carbocycles. The van der Waals surface area contributed by atoms with E-state index in [0.717, 1.165) is 5.69 Å². The van der Waals surface area contributed by atoms with Gasteiger partial charge < -0.3 is 10.1 Å². The molecule has 0 aliphatic heterocycles. The molecule has 0 spiro atoms. The fourth-order valence-corrected chi connectivity index (χ4v) is 2.51. The Morgan fingerprint density at radius 3 is 2.67 bits per heavy atom. The number of hydrogen-bond donors (Lipinski definition) is 1. The molecule has 1 N–H and O–H groups in total. The molecule has 2 rings (SSSR count). The monoisotopic (exact) mass is 261 g/mol. The summed E-state index contributed by atoms with van der Waals surface area (Å²) in [6, 6.07) is 12.1. The second kappa shape index (κ2) is 5.69. The first-order chi connectivity index (χ1) is 8.72. The van der Waals surface area contributed by atoms with Crippen LogP contribution in [-0.2, 0) is 4.74 Å². The largest absolute Gasteiger partial charge is 0.465 e. The molecule has 0 unspecified atom stereocenters. The SMILES string of the molecule is COC(=O)c1sccc1N[C@H](C)c1ccccc1. The second-order valence-electron chi connectivity index (χ2n) is 3.93. The van der Waals surface area contributed by atoms with Crippen LogP contribution in [0.4, 0.5) is 5.69 Å². The van der Waals surface area contributed by atoms with Crippen LogP contribution in [0.15, 0.2) is 41.8 Å². The maximum Gasteiger partial charge on any atom is 0.350 e. The van der Waals surface area contributed by atoms with Crippen molar-refractivity contribution in [3.05, 3.63) is 52.2 Å². The van der Waals surface area contributed by atoms with E-state index in [-0.39, 0.29) is 12.0 Å². The molecule has 1 heterocycles. The minimum absolute atomic E-state index is 0.143. The first-order valence-corrected chi connectivity index (χ1v) is 6.57. The van der Waals surface area contributed by atoms with Crippen LogP contribution >= 0.6 is 11.3 Å². The number of anilines is 1. The van der Waals surface area contributed by atoms with Crippen molar-refractivity contribution in [3.8, 4) is 0 Å². The number of esters is 1. The third-order valence-electron chi connectivity index (χ3n) is 2.71. The van der Waals surface area contributed by atoms with Gasteiger partial charge in [0.25, 0.3) is 0 Å². The van der Waals surface area contributed by atoms with Crippen molar-refractivity contribution < 1.29 is 9.53 Å². The summed E-state index contributed by atoms with van der Waals surface area (Å²) in [5.41, 5.74) is 2.00. The summed E-state index contributed by atoms with van der Waals surface area (Å²) in [6.45, 7) is 2.06. The molecule has 0 amide bonds. The molecule has 0 radical (unpaired) electrons. The van der Waals surface area contributed by atoms with Crippen molar-refractivity contribution in [2.24, 2.45) is 0 Å². The van der Waals surface area contributed by atoms with Gasteiger partial charge in [0.1, 0.15) is 4.88 Å². The van der Waals surface area contributed by atoms with Crippen molar-refractivity contribution in [1.29, 1.82) is 0 Å². The van der Waals surface area contributed by atoms with Crippen molar-refractivity contribution in [1.82, 2.24) is 0 Å². The number of benzene rings is 1. The number of ether oxygens (including phenoxy) is 1. The van der Waals surface area contributed by atoms with E-state index in [9.17, 15) is 4.79 Å². The predicted octanol–water partition coefficient (Wildman–Crippen LogP) is 3.71. The van der Waals surface area contributed by atoms with Gasteiger partial charge in [-0.3, -0.25) is 0 Å². The van der Waals surface area contributed by atoms with Gasteiger partial charge in [-0.15, -0.1) is 11.3 Å². The Labute approximate surface area is 110 Å². The first-order valence-electron chi connectivity index (χ1n) is 5.69. The Bertz CT molecular complexity index is 522. The van der Waals surface area contributed by atoms with Crippen LogP contribution in [0, 0.1) is 0 Å². The van der Waals surface area contributed by atoms with E-state index >= 15 is 0 Å². The summed E-state index contributed by atoms with van der Waals surface area (Å²) in [5, 5.41) is 5.21. The highest BCUT2D eigenvalue weighted by atomic mass is 32.1. The molecule has 3 nitrogen and oxygen atoms in total. The number of thiophene rings is 1. The fraction of sp³-hybridized carbons (Fsp3) is 0.214. The van der Waals surface area contributed by atoms with Crippen molar-refractivity contribution >= 4 is 23.0 Å². The molecule has 0 fully saturated rings. The molecule has 4 heteroatoms. The van der Waals surface area contributed by atoms with Gasteiger partial charge in [0.05, 0.1) is 12.8 Å². The lowest BCUT2D eigenvalue weighted by atomic mass is 10.1. The Hall–Kier alpha value is -1.81. The van der Waals surface area contributed by atoms with E-state index in [0.29, 0.717) is 4.88 Å². The van der Waals surface area contributed by atoms with Crippen LogP contribution in [0.1, 0.15) is 28.2 Å². The highest BCUT2D eigenvalue weighted by Crippen LogP contribution is 2.27. The van der Waals surface area contributed by atoms with Crippen molar-refractivity contribution in [3.63, 3.8) is 0 Å².